The molecule has 138 valence electrons. The van der Waals surface area contributed by atoms with Gasteiger partial charge in [-0.3, -0.25) is 14.6 Å². The van der Waals surface area contributed by atoms with Crippen LogP contribution in [-0.4, -0.2) is 42.3 Å². The first-order chi connectivity index (χ1) is 11.7. The number of esters is 1. The molecular formula is C16H17F4NO4. The highest BCUT2D eigenvalue weighted by Gasteiger charge is 2.34. The van der Waals surface area contributed by atoms with Gasteiger partial charge in [-0.25, -0.2) is 17.6 Å². The van der Waals surface area contributed by atoms with Gasteiger partial charge in [-0.1, -0.05) is 0 Å². The number of halogens is 4. The van der Waals surface area contributed by atoms with E-state index >= 15 is 0 Å². The fourth-order valence-electron chi connectivity index (χ4n) is 1.94. The summed E-state index contributed by atoms with van der Waals surface area (Å²) in [4.78, 5) is 28.1. The van der Waals surface area contributed by atoms with E-state index in [-0.39, 0.29) is 6.61 Å². The lowest BCUT2D eigenvalue weighted by molar-refractivity contribution is -0.144. The highest BCUT2D eigenvalue weighted by molar-refractivity contribution is 6.19. The second-order valence-corrected chi connectivity index (χ2v) is 5.18. The van der Waals surface area contributed by atoms with Gasteiger partial charge < -0.3 is 9.84 Å². The smallest absolute Gasteiger partial charge is 0.322 e. The fraction of sp³-hybridized carbons (Fsp3) is 0.438. The third-order valence-electron chi connectivity index (χ3n) is 3.33. The van der Waals surface area contributed by atoms with Gasteiger partial charge in [0.15, 0.2) is 35.0 Å². The number of hydrogen-bond acceptors (Lipinski definition) is 5. The minimum absolute atomic E-state index is 0.111. The molecule has 1 aromatic carbocycles. The van der Waals surface area contributed by atoms with Crippen LogP contribution in [0.25, 0.3) is 0 Å². The second-order valence-electron chi connectivity index (χ2n) is 5.18. The van der Waals surface area contributed by atoms with E-state index in [4.69, 9.17) is 5.11 Å². The summed E-state index contributed by atoms with van der Waals surface area (Å²) in [6, 6.07) is -0.683. The molecule has 0 heterocycles. The Kier molecular flexibility index (Phi) is 7.22. The third-order valence-corrected chi connectivity index (χ3v) is 3.33. The molecule has 25 heavy (non-hydrogen) atoms. The number of carbonyl (C=O) groups excluding carboxylic acids is 2. The Morgan fingerprint density at radius 2 is 1.72 bits per heavy atom. The van der Waals surface area contributed by atoms with Crippen LogP contribution < -0.4 is 0 Å². The maximum Gasteiger partial charge on any atom is 0.322 e. The molecule has 0 radical (unpaired) electrons. The van der Waals surface area contributed by atoms with Gasteiger partial charge in [0, 0.05) is 11.8 Å². The Morgan fingerprint density at radius 1 is 1.16 bits per heavy atom. The summed E-state index contributed by atoms with van der Waals surface area (Å²) >= 11 is 0. The van der Waals surface area contributed by atoms with Crippen molar-refractivity contribution in [3.8, 4) is 0 Å². The van der Waals surface area contributed by atoms with Crippen molar-refractivity contribution in [1.29, 1.82) is 0 Å². The lowest BCUT2D eigenvalue weighted by Crippen LogP contribution is -2.30. The molecule has 0 aromatic heterocycles. The molecule has 0 fully saturated rings. The van der Waals surface area contributed by atoms with Crippen molar-refractivity contribution in [3.63, 3.8) is 0 Å². The van der Waals surface area contributed by atoms with Gasteiger partial charge >= 0.3 is 5.97 Å². The Morgan fingerprint density at radius 3 is 2.24 bits per heavy atom. The monoisotopic (exact) mass is 363 g/mol. The zero-order valence-electron chi connectivity index (χ0n) is 13.8. The minimum Gasteiger partial charge on any atom is -0.465 e. The van der Waals surface area contributed by atoms with Crippen LogP contribution in [0, 0.1) is 36.1 Å². The fourth-order valence-corrected chi connectivity index (χ4v) is 1.94. The Bertz CT molecular complexity index is 677. The molecule has 5 nitrogen and oxygen atoms in total. The molecule has 1 rings (SSSR count). The highest BCUT2D eigenvalue weighted by atomic mass is 19.2. The molecule has 0 aliphatic carbocycles. The predicted octanol–water partition coefficient (Wildman–Crippen LogP) is 2.37. The van der Waals surface area contributed by atoms with E-state index in [2.05, 4.69) is 9.73 Å². The van der Waals surface area contributed by atoms with Crippen molar-refractivity contribution in [2.24, 2.45) is 10.9 Å². The van der Waals surface area contributed by atoms with Crippen LogP contribution in [0.4, 0.5) is 17.6 Å². The van der Waals surface area contributed by atoms with Crippen molar-refractivity contribution in [3.05, 3.63) is 34.4 Å². The largest absolute Gasteiger partial charge is 0.465 e. The average molecular weight is 363 g/mol. The molecule has 0 aliphatic heterocycles. The van der Waals surface area contributed by atoms with Crippen LogP contribution >= 0.6 is 0 Å². The standard InChI is InChI=1S/C16H17F4NO4/c1-4-25-16(24)9(5-21-7(2)6-22)15(23)10-8(3)11(17)13(19)14(20)12(10)18/h5,7,9,22H,4,6H2,1-3H3/t7-,9?/m0/s1. The summed E-state index contributed by atoms with van der Waals surface area (Å²) in [5, 5.41) is 8.92. The van der Waals surface area contributed by atoms with Gasteiger partial charge in [0.05, 0.1) is 24.8 Å². The predicted molar refractivity (Wildman–Crippen MR) is 80.5 cm³/mol. The number of ketones is 1. The summed E-state index contributed by atoms with van der Waals surface area (Å²) in [5.41, 5.74) is -1.88. The van der Waals surface area contributed by atoms with Crippen LogP contribution in [0.3, 0.4) is 0 Å². The van der Waals surface area contributed by atoms with Gasteiger partial charge in [-0.15, -0.1) is 0 Å². The molecule has 0 amide bonds. The van der Waals surface area contributed by atoms with E-state index in [1.165, 1.54) is 13.8 Å². The van der Waals surface area contributed by atoms with Gasteiger partial charge in [-0.2, -0.15) is 0 Å². The molecule has 1 aromatic rings. The van der Waals surface area contributed by atoms with E-state index in [0.717, 1.165) is 13.1 Å². The quantitative estimate of drug-likeness (QED) is 0.153. The molecule has 0 spiro atoms. The van der Waals surface area contributed by atoms with E-state index in [0.29, 0.717) is 0 Å². The number of nitrogens with zero attached hydrogens (tertiary/aromatic N) is 1. The normalized spacial score (nSPS) is 13.8. The first-order valence-electron chi connectivity index (χ1n) is 7.34. The zero-order valence-corrected chi connectivity index (χ0v) is 13.8. The number of hydrogen-bond donors (Lipinski definition) is 1. The first kappa shape index (κ1) is 20.8. The lowest BCUT2D eigenvalue weighted by Gasteiger charge is -2.14. The third kappa shape index (κ3) is 4.41. The van der Waals surface area contributed by atoms with Gasteiger partial charge in [0.25, 0.3) is 0 Å². The summed E-state index contributed by atoms with van der Waals surface area (Å²) in [6.07, 6.45) is 0.805. The van der Waals surface area contributed by atoms with E-state index in [1.54, 1.807) is 0 Å². The number of ether oxygens (including phenoxy) is 1. The lowest BCUT2D eigenvalue weighted by atomic mass is 9.94. The van der Waals surface area contributed by atoms with Crippen LogP contribution in [0.15, 0.2) is 4.99 Å². The summed E-state index contributed by atoms with van der Waals surface area (Å²) in [7, 11) is 0. The number of rotatable bonds is 7. The van der Waals surface area contributed by atoms with Crippen molar-refractivity contribution in [1.82, 2.24) is 0 Å². The number of aliphatic imine (C=N–C) groups is 1. The molecule has 9 heteroatoms. The summed E-state index contributed by atoms with van der Waals surface area (Å²) in [6.45, 7) is 3.29. The van der Waals surface area contributed by atoms with E-state index < -0.39 is 64.7 Å². The summed E-state index contributed by atoms with van der Waals surface area (Å²) < 4.78 is 59.0. The zero-order chi connectivity index (χ0) is 19.3. The molecule has 1 unspecified atom stereocenters. The summed E-state index contributed by atoms with van der Waals surface area (Å²) in [5.74, 6) is -12.1. The van der Waals surface area contributed by atoms with Crippen molar-refractivity contribution in [2.45, 2.75) is 26.8 Å². The topological polar surface area (TPSA) is 76.0 Å². The number of aliphatic hydroxyl groups is 1. The van der Waals surface area contributed by atoms with Crippen LogP contribution in [0.1, 0.15) is 29.8 Å². The Labute approximate surface area is 141 Å². The van der Waals surface area contributed by atoms with Crippen LogP contribution in [0.2, 0.25) is 0 Å². The number of carbonyl (C=O) groups is 2. The van der Waals surface area contributed by atoms with Crippen molar-refractivity contribution >= 4 is 18.0 Å². The van der Waals surface area contributed by atoms with Crippen molar-refractivity contribution < 1.29 is 37.0 Å². The second kappa shape index (κ2) is 8.70. The SMILES string of the molecule is CCOC(=O)C(C=N[C@@H](C)CO)C(=O)c1c(C)c(F)c(F)c(F)c1F. The Hall–Kier alpha value is -2.29. The number of aliphatic hydroxyl groups excluding tert-OH is 1. The molecule has 0 bridgehead atoms. The van der Waals surface area contributed by atoms with Crippen LogP contribution in [0.5, 0.6) is 0 Å². The first-order valence-corrected chi connectivity index (χ1v) is 7.34. The van der Waals surface area contributed by atoms with Gasteiger partial charge in [0.1, 0.15) is 0 Å². The van der Waals surface area contributed by atoms with Gasteiger partial charge in [-0.05, 0) is 20.8 Å². The number of Topliss-reactive ketones (excluding diaryl/α,β-unsaturated/α-hetero) is 1. The van der Waals surface area contributed by atoms with E-state index in [1.807, 2.05) is 0 Å². The van der Waals surface area contributed by atoms with Crippen molar-refractivity contribution in [2.75, 3.05) is 13.2 Å². The molecule has 0 saturated carbocycles. The van der Waals surface area contributed by atoms with Crippen LogP contribution in [-0.2, 0) is 9.53 Å². The average Bonchev–Trinajstić information content (AvgIpc) is 2.58. The highest BCUT2D eigenvalue weighted by Crippen LogP contribution is 2.26. The molecule has 1 N–H and O–H groups in total. The van der Waals surface area contributed by atoms with Gasteiger partial charge in [0.2, 0.25) is 0 Å². The minimum atomic E-state index is -2.16. The molecular weight excluding hydrogens is 346 g/mol. The Balaban J connectivity index is 3.44. The van der Waals surface area contributed by atoms with E-state index in [9.17, 15) is 27.2 Å². The molecule has 0 saturated heterocycles. The maximum absolute atomic E-state index is 14.0. The molecule has 2 atom stereocenters. The molecule has 0 aliphatic rings. The number of benzene rings is 1. The maximum atomic E-state index is 14.0.